The molecule has 4 aliphatic carbocycles. The van der Waals surface area contributed by atoms with Gasteiger partial charge in [0.2, 0.25) is 0 Å². The minimum Gasteiger partial charge on any atom is -0.393 e. The maximum Gasteiger partial charge on any atom is 0.155 e. The number of aliphatic hydroxyl groups is 2. The standard InChI is InChI=1S/C19H28O3/c1-18-6-3-4-13(18)12-9-15(21)14-8-11(20)5-7-19(14,2)17(12)16(22)10-18/h8,12-13,15-17,21-22H,3-7,9-10H2,1-2H3. The van der Waals surface area contributed by atoms with E-state index in [0.717, 1.165) is 24.8 Å². The zero-order valence-electron chi connectivity index (χ0n) is 13.7. The zero-order chi connectivity index (χ0) is 15.7. The minimum absolute atomic E-state index is 0.140. The minimum atomic E-state index is -0.495. The van der Waals surface area contributed by atoms with Gasteiger partial charge < -0.3 is 10.2 Å². The van der Waals surface area contributed by atoms with Gasteiger partial charge in [-0.15, -0.1) is 0 Å². The zero-order valence-corrected chi connectivity index (χ0v) is 13.7. The van der Waals surface area contributed by atoms with Crippen molar-refractivity contribution in [3.63, 3.8) is 0 Å². The summed E-state index contributed by atoms with van der Waals surface area (Å²) in [4.78, 5) is 11.8. The van der Waals surface area contributed by atoms with Gasteiger partial charge in [-0.3, -0.25) is 4.79 Å². The van der Waals surface area contributed by atoms with E-state index in [9.17, 15) is 15.0 Å². The van der Waals surface area contributed by atoms with Gasteiger partial charge in [-0.05, 0) is 72.3 Å². The van der Waals surface area contributed by atoms with Gasteiger partial charge in [0.15, 0.2) is 5.78 Å². The molecule has 0 radical (unpaired) electrons. The number of ketones is 1. The lowest BCUT2D eigenvalue weighted by atomic mass is 9.46. The fourth-order valence-corrected chi connectivity index (χ4v) is 6.75. The summed E-state index contributed by atoms with van der Waals surface area (Å²) < 4.78 is 0. The quantitative estimate of drug-likeness (QED) is 0.723. The molecule has 3 saturated carbocycles. The second kappa shape index (κ2) is 4.67. The van der Waals surface area contributed by atoms with Gasteiger partial charge in [-0.1, -0.05) is 20.3 Å². The van der Waals surface area contributed by atoms with Crippen LogP contribution in [0.4, 0.5) is 0 Å². The van der Waals surface area contributed by atoms with E-state index in [2.05, 4.69) is 13.8 Å². The van der Waals surface area contributed by atoms with Crippen molar-refractivity contribution in [2.75, 3.05) is 0 Å². The molecular formula is C19H28O3. The van der Waals surface area contributed by atoms with Crippen LogP contribution >= 0.6 is 0 Å². The van der Waals surface area contributed by atoms with E-state index in [-0.39, 0.29) is 28.6 Å². The number of carbonyl (C=O) groups excluding carboxylic acids is 1. The maximum atomic E-state index is 11.8. The molecule has 0 aromatic carbocycles. The fraction of sp³-hybridized carbons (Fsp3) is 0.842. The van der Waals surface area contributed by atoms with Crippen LogP contribution in [0, 0.1) is 28.6 Å². The van der Waals surface area contributed by atoms with E-state index >= 15 is 0 Å². The third kappa shape index (κ3) is 1.85. The molecule has 3 fully saturated rings. The van der Waals surface area contributed by atoms with E-state index < -0.39 is 6.10 Å². The summed E-state index contributed by atoms with van der Waals surface area (Å²) in [6.45, 7) is 4.53. The second-order valence-electron chi connectivity index (χ2n) is 8.85. The first kappa shape index (κ1) is 14.9. The van der Waals surface area contributed by atoms with Crippen molar-refractivity contribution in [1.82, 2.24) is 0 Å². The number of hydrogen-bond acceptors (Lipinski definition) is 3. The van der Waals surface area contributed by atoms with Gasteiger partial charge >= 0.3 is 0 Å². The molecule has 0 aliphatic heterocycles. The highest BCUT2D eigenvalue weighted by molar-refractivity contribution is 5.91. The number of fused-ring (bicyclic) bond motifs is 5. The Morgan fingerprint density at radius 1 is 1.23 bits per heavy atom. The van der Waals surface area contributed by atoms with E-state index in [0.29, 0.717) is 18.3 Å². The molecule has 7 unspecified atom stereocenters. The van der Waals surface area contributed by atoms with Crippen molar-refractivity contribution >= 4 is 5.78 Å². The van der Waals surface area contributed by atoms with Gasteiger partial charge in [0.1, 0.15) is 0 Å². The van der Waals surface area contributed by atoms with Crippen LogP contribution in [0.2, 0.25) is 0 Å². The predicted octanol–water partition coefficient (Wildman–Crippen LogP) is 2.85. The Balaban J connectivity index is 1.78. The van der Waals surface area contributed by atoms with Crippen LogP contribution in [0.1, 0.15) is 58.8 Å². The highest BCUT2D eigenvalue weighted by Gasteiger charge is 2.61. The normalized spacial score (nSPS) is 54.3. The van der Waals surface area contributed by atoms with Crippen LogP contribution in [0.3, 0.4) is 0 Å². The van der Waals surface area contributed by atoms with Crippen LogP contribution in [0.5, 0.6) is 0 Å². The molecular weight excluding hydrogens is 276 g/mol. The van der Waals surface area contributed by atoms with Gasteiger partial charge in [-0.25, -0.2) is 0 Å². The summed E-state index contributed by atoms with van der Waals surface area (Å²) in [5.41, 5.74) is 0.965. The van der Waals surface area contributed by atoms with Crippen LogP contribution in [0.15, 0.2) is 11.6 Å². The molecule has 3 heteroatoms. The van der Waals surface area contributed by atoms with Crippen molar-refractivity contribution in [3.8, 4) is 0 Å². The predicted molar refractivity (Wildman–Crippen MR) is 84.1 cm³/mol. The van der Waals surface area contributed by atoms with Crippen molar-refractivity contribution in [3.05, 3.63) is 11.6 Å². The van der Waals surface area contributed by atoms with Crippen LogP contribution in [0.25, 0.3) is 0 Å². The van der Waals surface area contributed by atoms with E-state index in [1.165, 1.54) is 19.3 Å². The summed E-state index contributed by atoms with van der Waals surface area (Å²) in [7, 11) is 0. The molecule has 0 bridgehead atoms. The SMILES string of the molecule is CC12CCCC1C1CC(O)C3=CC(=O)CCC3(C)C1C(O)C2. The Hall–Kier alpha value is -0.670. The second-order valence-corrected chi connectivity index (χ2v) is 8.85. The van der Waals surface area contributed by atoms with E-state index in [4.69, 9.17) is 0 Å². The van der Waals surface area contributed by atoms with Crippen LogP contribution < -0.4 is 0 Å². The summed E-state index contributed by atoms with van der Waals surface area (Å²) in [6.07, 6.45) is 7.59. The molecule has 0 saturated heterocycles. The smallest absolute Gasteiger partial charge is 0.155 e. The van der Waals surface area contributed by atoms with Crippen molar-refractivity contribution in [2.45, 2.75) is 71.0 Å². The van der Waals surface area contributed by atoms with Crippen LogP contribution in [-0.4, -0.2) is 28.2 Å². The van der Waals surface area contributed by atoms with Crippen molar-refractivity contribution in [1.29, 1.82) is 0 Å². The Morgan fingerprint density at radius 2 is 2.00 bits per heavy atom. The molecule has 7 atom stereocenters. The first-order chi connectivity index (χ1) is 10.3. The van der Waals surface area contributed by atoms with E-state index in [1.54, 1.807) is 6.08 Å². The molecule has 2 N–H and O–H groups in total. The highest BCUT2D eigenvalue weighted by Crippen LogP contribution is 2.65. The van der Waals surface area contributed by atoms with Gasteiger partial charge in [0, 0.05) is 6.42 Å². The fourth-order valence-electron chi connectivity index (χ4n) is 6.75. The molecule has 22 heavy (non-hydrogen) atoms. The number of aliphatic hydroxyl groups excluding tert-OH is 2. The molecule has 0 heterocycles. The average molecular weight is 304 g/mol. The third-order valence-corrected chi connectivity index (χ3v) is 7.68. The van der Waals surface area contributed by atoms with Gasteiger partial charge in [0.05, 0.1) is 12.2 Å². The first-order valence-electron chi connectivity index (χ1n) is 8.96. The molecule has 0 aromatic rings. The molecule has 122 valence electrons. The monoisotopic (exact) mass is 304 g/mol. The van der Waals surface area contributed by atoms with Crippen molar-refractivity contribution < 1.29 is 15.0 Å². The largest absolute Gasteiger partial charge is 0.393 e. The number of hydrogen-bond donors (Lipinski definition) is 2. The lowest BCUT2D eigenvalue weighted by Crippen LogP contribution is -2.58. The Bertz CT molecular complexity index is 539. The summed E-state index contributed by atoms with van der Waals surface area (Å²) >= 11 is 0. The molecule has 0 amide bonds. The molecule has 4 rings (SSSR count). The molecule has 4 aliphatic rings. The summed E-state index contributed by atoms with van der Waals surface area (Å²) in [5, 5.41) is 21.7. The lowest BCUT2D eigenvalue weighted by Gasteiger charge is -2.60. The van der Waals surface area contributed by atoms with Gasteiger partial charge in [0.25, 0.3) is 0 Å². The van der Waals surface area contributed by atoms with Crippen LogP contribution in [-0.2, 0) is 4.79 Å². The maximum absolute atomic E-state index is 11.8. The summed E-state index contributed by atoms with van der Waals surface area (Å²) in [5.74, 6) is 1.39. The Morgan fingerprint density at radius 3 is 2.77 bits per heavy atom. The molecule has 3 nitrogen and oxygen atoms in total. The topological polar surface area (TPSA) is 57.5 Å². The highest BCUT2D eigenvalue weighted by atomic mass is 16.3. The van der Waals surface area contributed by atoms with Gasteiger partial charge in [-0.2, -0.15) is 0 Å². The number of rotatable bonds is 0. The van der Waals surface area contributed by atoms with E-state index in [1.807, 2.05) is 0 Å². The molecule has 0 spiro atoms. The Labute approximate surface area is 132 Å². The Kier molecular flexibility index (Phi) is 3.16. The van der Waals surface area contributed by atoms with Crippen molar-refractivity contribution in [2.24, 2.45) is 28.6 Å². The first-order valence-corrected chi connectivity index (χ1v) is 8.96. The lowest BCUT2D eigenvalue weighted by molar-refractivity contribution is -0.139. The number of carbonyl (C=O) groups is 1. The summed E-state index contributed by atoms with van der Waals surface area (Å²) in [6, 6.07) is 0. The molecule has 0 aromatic heterocycles. The third-order valence-electron chi connectivity index (χ3n) is 7.68. The average Bonchev–Trinajstić information content (AvgIpc) is 2.82.